The van der Waals surface area contributed by atoms with Gasteiger partial charge in [-0.3, -0.25) is 0 Å². The van der Waals surface area contributed by atoms with E-state index >= 15 is 0 Å². The first-order chi connectivity index (χ1) is 12.3. The van der Waals surface area contributed by atoms with E-state index in [1.165, 1.54) is 38.1 Å². The number of rotatable bonds is 1. The molecule has 1 heteroatoms. The fraction of sp³-hybridized carbons (Fsp3) is 0. The van der Waals surface area contributed by atoms with Crippen LogP contribution in [0.4, 0.5) is 0 Å². The molecule has 0 saturated carbocycles. The minimum atomic E-state index is 0.807. The average molecular weight is 339 g/mol. The smallest absolute Gasteiger partial charge is 0.0490 e. The Hall–Kier alpha value is -2.83. The maximum absolute atomic E-state index is 6.46. The summed E-state index contributed by atoms with van der Waals surface area (Å²) in [5.41, 5.74) is 2.46. The van der Waals surface area contributed by atoms with Crippen molar-refractivity contribution in [2.75, 3.05) is 0 Å². The molecule has 0 N–H and O–H groups in total. The lowest BCUT2D eigenvalue weighted by molar-refractivity contribution is 1.68. The fourth-order valence-corrected chi connectivity index (χ4v) is 3.89. The van der Waals surface area contributed by atoms with Crippen molar-refractivity contribution in [1.29, 1.82) is 0 Å². The second-order valence-corrected chi connectivity index (χ2v) is 6.81. The Bertz CT molecular complexity index is 1250. The van der Waals surface area contributed by atoms with Gasteiger partial charge in [0.25, 0.3) is 0 Å². The molecule has 5 aromatic rings. The maximum atomic E-state index is 6.46. The van der Waals surface area contributed by atoms with Gasteiger partial charge in [0.05, 0.1) is 0 Å². The summed E-state index contributed by atoms with van der Waals surface area (Å²) in [7, 11) is 0. The molecule has 0 aliphatic heterocycles. The lowest BCUT2D eigenvalue weighted by atomic mass is 9.96. The molecule has 0 aromatic heterocycles. The number of halogens is 1. The van der Waals surface area contributed by atoms with E-state index in [0.717, 1.165) is 10.4 Å². The first kappa shape index (κ1) is 14.5. The Morgan fingerprint density at radius 3 is 1.92 bits per heavy atom. The van der Waals surface area contributed by atoms with Crippen LogP contribution in [0.3, 0.4) is 0 Å². The van der Waals surface area contributed by atoms with Crippen LogP contribution in [-0.2, 0) is 0 Å². The van der Waals surface area contributed by atoms with Gasteiger partial charge in [-0.2, -0.15) is 0 Å². The minimum absolute atomic E-state index is 0.807. The predicted octanol–water partition coefficient (Wildman–Crippen LogP) is 7.47. The Morgan fingerprint density at radius 2 is 1.08 bits per heavy atom. The number of hydrogen-bond donors (Lipinski definition) is 0. The van der Waals surface area contributed by atoms with Crippen LogP contribution in [0.5, 0.6) is 0 Å². The van der Waals surface area contributed by atoms with Crippen molar-refractivity contribution in [1.82, 2.24) is 0 Å². The van der Waals surface area contributed by atoms with Crippen LogP contribution in [0.1, 0.15) is 0 Å². The highest BCUT2D eigenvalue weighted by molar-refractivity contribution is 6.37. The molecule has 0 radical (unpaired) electrons. The highest BCUT2D eigenvalue weighted by atomic mass is 35.5. The quantitative estimate of drug-likeness (QED) is 0.278. The van der Waals surface area contributed by atoms with Gasteiger partial charge in [-0.1, -0.05) is 84.4 Å². The van der Waals surface area contributed by atoms with Crippen LogP contribution >= 0.6 is 11.6 Å². The molecule has 5 rings (SSSR count). The van der Waals surface area contributed by atoms with Crippen molar-refractivity contribution < 1.29 is 0 Å². The van der Waals surface area contributed by atoms with E-state index in [1.807, 2.05) is 6.07 Å². The molecular weight excluding hydrogens is 324 g/mol. The molecule has 0 unspecified atom stereocenters. The van der Waals surface area contributed by atoms with E-state index in [1.54, 1.807) is 0 Å². The summed E-state index contributed by atoms with van der Waals surface area (Å²) < 4.78 is 0. The molecule has 0 saturated heterocycles. The number of hydrogen-bond acceptors (Lipinski definition) is 0. The molecule has 0 bridgehead atoms. The van der Waals surface area contributed by atoms with Crippen molar-refractivity contribution in [3.8, 4) is 11.1 Å². The molecule has 0 heterocycles. The van der Waals surface area contributed by atoms with Crippen LogP contribution < -0.4 is 0 Å². The van der Waals surface area contributed by atoms with E-state index < -0.39 is 0 Å². The zero-order valence-electron chi connectivity index (χ0n) is 13.5. The van der Waals surface area contributed by atoms with Gasteiger partial charge in [-0.25, -0.2) is 0 Å². The van der Waals surface area contributed by atoms with Crippen LogP contribution in [0.25, 0.3) is 43.4 Å². The summed E-state index contributed by atoms with van der Waals surface area (Å²) in [5, 5.41) is 8.06. The molecule has 118 valence electrons. The summed E-state index contributed by atoms with van der Waals surface area (Å²) in [6, 6.07) is 32.1. The Morgan fingerprint density at radius 1 is 0.440 bits per heavy atom. The first-order valence-electron chi connectivity index (χ1n) is 8.40. The summed E-state index contributed by atoms with van der Waals surface area (Å²) >= 11 is 6.46. The molecule has 0 spiro atoms. The Balaban J connectivity index is 1.78. The summed E-state index contributed by atoms with van der Waals surface area (Å²) in [6.07, 6.45) is 0. The summed E-state index contributed by atoms with van der Waals surface area (Å²) in [6.45, 7) is 0. The zero-order chi connectivity index (χ0) is 16.8. The Labute approximate surface area is 151 Å². The average Bonchev–Trinajstić information content (AvgIpc) is 2.68. The predicted molar refractivity (Wildman–Crippen MR) is 109 cm³/mol. The highest BCUT2D eigenvalue weighted by Gasteiger charge is 2.07. The molecule has 25 heavy (non-hydrogen) atoms. The van der Waals surface area contributed by atoms with Gasteiger partial charge in [0.15, 0.2) is 0 Å². The van der Waals surface area contributed by atoms with Gasteiger partial charge in [-0.15, -0.1) is 0 Å². The fourth-order valence-electron chi connectivity index (χ4n) is 3.60. The van der Waals surface area contributed by atoms with Crippen LogP contribution in [0.2, 0.25) is 5.02 Å². The topological polar surface area (TPSA) is 0 Å². The largest absolute Gasteiger partial charge is 0.0836 e. The Kier molecular flexibility index (Phi) is 3.26. The van der Waals surface area contributed by atoms with Gasteiger partial charge in [0, 0.05) is 10.4 Å². The van der Waals surface area contributed by atoms with E-state index in [2.05, 4.69) is 84.9 Å². The molecular formula is C24H15Cl. The summed E-state index contributed by atoms with van der Waals surface area (Å²) in [4.78, 5) is 0. The van der Waals surface area contributed by atoms with Crippen molar-refractivity contribution in [3.63, 3.8) is 0 Å². The second kappa shape index (κ2) is 5.61. The molecule has 0 atom stereocenters. The van der Waals surface area contributed by atoms with E-state index in [-0.39, 0.29) is 0 Å². The maximum Gasteiger partial charge on any atom is 0.0490 e. The van der Waals surface area contributed by atoms with Gasteiger partial charge < -0.3 is 0 Å². The second-order valence-electron chi connectivity index (χ2n) is 6.40. The van der Waals surface area contributed by atoms with Gasteiger partial charge in [0.2, 0.25) is 0 Å². The monoisotopic (exact) mass is 338 g/mol. The lowest BCUT2D eigenvalue weighted by Gasteiger charge is -2.09. The molecule has 0 amide bonds. The van der Waals surface area contributed by atoms with Crippen molar-refractivity contribution in [2.45, 2.75) is 0 Å². The zero-order valence-corrected chi connectivity index (χ0v) is 14.3. The normalized spacial score (nSPS) is 11.4. The van der Waals surface area contributed by atoms with Gasteiger partial charge in [0.1, 0.15) is 0 Å². The van der Waals surface area contributed by atoms with Crippen LogP contribution in [0.15, 0.2) is 91.0 Å². The molecule has 5 aromatic carbocycles. The van der Waals surface area contributed by atoms with E-state index in [9.17, 15) is 0 Å². The van der Waals surface area contributed by atoms with Crippen molar-refractivity contribution in [3.05, 3.63) is 96.0 Å². The standard InChI is InChI=1S/C24H15Cl/c25-24-15-20-12-11-19(14-23(20)21-7-3-4-8-22(21)24)18-10-9-16-5-1-2-6-17(16)13-18/h1-15H. The third kappa shape index (κ3) is 2.38. The SMILES string of the molecule is Clc1cc2ccc(-c3ccc4ccccc4c3)cc2c2ccccc12. The van der Waals surface area contributed by atoms with Gasteiger partial charge >= 0.3 is 0 Å². The number of fused-ring (bicyclic) bond motifs is 4. The van der Waals surface area contributed by atoms with Crippen LogP contribution in [0, 0.1) is 0 Å². The van der Waals surface area contributed by atoms with Crippen molar-refractivity contribution >= 4 is 43.9 Å². The lowest BCUT2D eigenvalue weighted by Crippen LogP contribution is -1.83. The molecule has 0 fully saturated rings. The molecule has 0 aliphatic carbocycles. The third-order valence-electron chi connectivity index (χ3n) is 4.89. The minimum Gasteiger partial charge on any atom is -0.0836 e. The van der Waals surface area contributed by atoms with E-state index in [4.69, 9.17) is 11.6 Å². The third-order valence-corrected chi connectivity index (χ3v) is 5.21. The number of benzene rings is 5. The highest BCUT2D eigenvalue weighted by Crippen LogP contribution is 2.34. The summed E-state index contributed by atoms with van der Waals surface area (Å²) in [5.74, 6) is 0. The van der Waals surface area contributed by atoms with E-state index in [0.29, 0.717) is 0 Å². The molecule has 0 nitrogen and oxygen atoms in total. The van der Waals surface area contributed by atoms with Crippen LogP contribution in [-0.4, -0.2) is 0 Å². The first-order valence-corrected chi connectivity index (χ1v) is 8.78. The van der Waals surface area contributed by atoms with Gasteiger partial charge in [-0.05, 0) is 56.3 Å². The molecule has 0 aliphatic rings. The van der Waals surface area contributed by atoms with Crippen molar-refractivity contribution in [2.24, 2.45) is 0 Å².